The van der Waals surface area contributed by atoms with E-state index < -0.39 is 0 Å². The van der Waals surface area contributed by atoms with Crippen LogP contribution in [0.4, 0.5) is 22.7 Å². The molecule has 0 aliphatic carbocycles. The summed E-state index contributed by atoms with van der Waals surface area (Å²) in [6, 6.07) is 21.0. The van der Waals surface area contributed by atoms with Gasteiger partial charge in [-0.25, -0.2) is 0 Å². The average molecular weight is 332 g/mol. The number of carbonyl (C=O) groups excluding carboxylic acids is 1. The second-order valence-electron chi connectivity index (χ2n) is 5.82. The molecule has 0 fully saturated rings. The molecule has 0 radical (unpaired) electrons. The first-order valence-corrected chi connectivity index (χ1v) is 7.99. The molecule has 3 rings (SSSR count). The summed E-state index contributed by atoms with van der Waals surface area (Å²) >= 11 is 0. The Morgan fingerprint density at radius 3 is 2.28 bits per heavy atom. The maximum Gasteiger partial charge on any atom is 0.274 e. The van der Waals surface area contributed by atoms with Crippen molar-refractivity contribution in [1.29, 1.82) is 0 Å². The van der Waals surface area contributed by atoms with Crippen LogP contribution < -0.4 is 15.5 Å². The first-order valence-electron chi connectivity index (χ1n) is 7.99. The van der Waals surface area contributed by atoms with Crippen molar-refractivity contribution in [2.24, 2.45) is 0 Å². The number of hydrogen-bond acceptors (Lipinski definition) is 4. The molecule has 3 aromatic rings. The number of amides is 1. The second kappa shape index (κ2) is 7.49. The zero-order chi connectivity index (χ0) is 17.6. The molecule has 126 valence electrons. The van der Waals surface area contributed by atoms with Gasteiger partial charge in [-0.2, -0.15) is 0 Å². The molecule has 0 saturated heterocycles. The molecule has 1 heterocycles. The molecule has 25 heavy (non-hydrogen) atoms. The number of pyridine rings is 1. The number of aromatic nitrogens is 1. The van der Waals surface area contributed by atoms with Crippen molar-refractivity contribution in [3.8, 4) is 0 Å². The molecule has 0 spiro atoms. The van der Waals surface area contributed by atoms with Crippen LogP contribution in [-0.4, -0.2) is 25.0 Å². The Kier molecular flexibility index (Phi) is 4.95. The van der Waals surface area contributed by atoms with Crippen molar-refractivity contribution in [3.05, 3.63) is 78.6 Å². The third-order valence-corrected chi connectivity index (χ3v) is 3.70. The Labute approximate surface area is 147 Å². The molecule has 2 N–H and O–H groups in total. The highest BCUT2D eigenvalue weighted by molar-refractivity contribution is 6.03. The summed E-state index contributed by atoms with van der Waals surface area (Å²) in [5, 5.41) is 6.13. The minimum absolute atomic E-state index is 0.238. The van der Waals surface area contributed by atoms with Gasteiger partial charge in [0.2, 0.25) is 0 Å². The molecule has 0 aliphatic rings. The minimum Gasteiger partial charge on any atom is -0.378 e. The van der Waals surface area contributed by atoms with E-state index in [0.717, 1.165) is 22.7 Å². The van der Waals surface area contributed by atoms with Gasteiger partial charge < -0.3 is 15.5 Å². The van der Waals surface area contributed by atoms with E-state index in [1.807, 2.05) is 79.7 Å². The number of rotatable bonds is 5. The Bertz CT molecular complexity index is 845. The first kappa shape index (κ1) is 16.5. The predicted molar refractivity (Wildman–Crippen MR) is 103 cm³/mol. The van der Waals surface area contributed by atoms with Crippen LogP contribution in [0.15, 0.2) is 72.9 Å². The molecule has 1 aromatic heterocycles. The van der Waals surface area contributed by atoms with Crippen LogP contribution in [0.3, 0.4) is 0 Å². The van der Waals surface area contributed by atoms with Crippen molar-refractivity contribution in [2.45, 2.75) is 0 Å². The standard InChI is InChI=1S/C20H20N4O/c1-24(2)18-10-8-16(9-11-18)22-17-12-13-21-19(14-17)20(25)23-15-6-4-3-5-7-15/h3-14H,1-2H3,(H,21,22)(H,23,25). The molecule has 0 atom stereocenters. The number of nitrogens with zero attached hydrogens (tertiary/aromatic N) is 2. The lowest BCUT2D eigenvalue weighted by Gasteiger charge is -2.13. The zero-order valence-electron chi connectivity index (χ0n) is 14.2. The van der Waals surface area contributed by atoms with Crippen LogP contribution in [0.25, 0.3) is 0 Å². The highest BCUT2D eigenvalue weighted by atomic mass is 16.1. The highest BCUT2D eigenvalue weighted by Crippen LogP contribution is 2.20. The summed E-state index contributed by atoms with van der Waals surface area (Å²) in [5.41, 5.74) is 3.99. The maximum atomic E-state index is 12.3. The van der Waals surface area contributed by atoms with Crippen molar-refractivity contribution in [2.75, 3.05) is 29.6 Å². The summed E-state index contributed by atoms with van der Waals surface area (Å²) in [4.78, 5) is 18.5. The molecule has 5 heteroatoms. The van der Waals surface area contributed by atoms with Crippen LogP contribution in [0, 0.1) is 0 Å². The van der Waals surface area contributed by atoms with E-state index in [0.29, 0.717) is 5.69 Å². The van der Waals surface area contributed by atoms with E-state index in [4.69, 9.17) is 0 Å². The molecule has 0 saturated carbocycles. The van der Waals surface area contributed by atoms with Crippen LogP contribution >= 0.6 is 0 Å². The first-order chi connectivity index (χ1) is 12.1. The van der Waals surface area contributed by atoms with Gasteiger partial charge in [-0.15, -0.1) is 0 Å². The molecule has 5 nitrogen and oxygen atoms in total. The van der Waals surface area contributed by atoms with Crippen LogP contribution in [0.2, 0.25) is 0 Å². The summed E-state index contributed by atoms with van der Waals surface area (Å²) in [6.45, 7) is 0. The summed E-state index contributed by atoms with van der Waals surface area (Å²) < 4.78 is 0. The third kappa shape index (κ3) is 4.35. The van der Waals surface area contributed by atoms with E-state index in [2.05, 4.69) is 15.6 Å². The minimum atomic E-state index is -0.238. The van der Waals surface area contributed by atoms with Crippen LogP contribution in [0.1, 0.15) is 10.5 Å². The van der Waals surface area contributed by atoms with Gasteiger partial charge in [0.25, 0.3) is 5.91 Å². The van der Waals surface area contributed by atoms with Crippen molar-refractivity contribution < 1.29 is 4.79 Å². The van der Waals surface area contributed by atoms with Crippen LogP contribution in [0.5, 0.6) is 0 Å². The predicted octanol–water partition coefficient (Wildman–Crippen LogP) is 4.14. The molecule has 0 bridgehead atoms. The molecule has 2 aromatic carbocycles. The SMILES string of the molecule is CN(C)c1ccc(Nc2ccnc(C(=O)Nc3ccccc3)c2)cc1. The van der Waals surface area contributed by atoms with Crippen molar-refractivity contribution >= 4 is 28.7 Å². The molecular weight excluding hydrogens is 312 g/mol. The highest BCUT2D eigenvalue weighted by Gasteiger charge is 2.08. The average Bonchev–Trinajstić information content (AvgIpc) is 2.63. The van der Waals surface area contributed by atoms with Gasteiger partial charge in [0.1, 0.15) is 5.69 Å². The fraction of sp³-hybridized carbons (Fsp3) is 0.100. The normalized spacial score (nSPS) is 10.2. The van der Waals surface area contributed by atoms with Gasteiger partial charge in [-0.05, 0) is 48.5 Å². The van der Waals surface area contributed by atoms with E-state index in [9.17, 15) is 4.79 Å². The second-order valence-corrected chi connectivity index (χ2v) is 5.82. The van der Waals surface area contributed by atoms with Gasteiger partial charge >= 0.3 is 0 Å². The quantitative estimate of drug-likeness (QED) is 0.737. The number of para-hydroxylation sites is 1. The Balaban J connectivity index is 1.71. The van der Waals surface area contributed by atoms with Gasteiger partial charge in [-0.3, -0.25) is 9.78 Å². The van der Waals surface area contributed by atoms with Gasteiger partial charge in [0.15, 0.2) is 0 Å². The topological polar surface area (TPSA) is 57.3 Å². The number of anilines is 4. The van der Waals surface area contributed by atoms with E-state index in [-0.39, 0.29) is 5.91 Å². The molecule has 1 amide bonds. The Morgan fingerprint density at radius 1 is 0.880 bits per heavy atom. The van der Waals surface area contributed by atoms with E-state index in [1.165, 1.54) is 0 Å². The Morgan fingerprint density at radius 2 is 1.60 bits per heavy atom. The van der Waals surface area contributed by atoms with E-state index in [1.54, 1.807) is 12.3 Å². The smallest absolute Gasteiger partial charge is 0.274 e. The lowest BCUT2D eigenvalue weighted by molar-refractivity contribution is 0.102. The van der Waals surface area contributed by atoms with Gasteiger partial charge in [0, 0.05) is 43.0 Å². The molecule has 0 unspecified atom stereocenters. The fourth-order valence-corrected chi connectivity index (χ4v) is 2.36. The van der Waals surface area contributed by atoms with Crippen molar-refractivity contribution in [3.63, 3.8) is 0 Å². The van der Waals surface area contributed by atoms with Gasteiger partial charge in [-0.1, -0.05) is 18.2 Å². The lowest BCUT2D eigenvalue weighted by atomic mass is 10.2. The fourth-order valence-electron chi connectivity index (χ4n) is 2.36. The molecule has 0 aliphatic heterocycles. The number of benzene rings is 2. The molecular formula is C20H20N4O. The van der Waals surface area contributed by atoms with E-state index >= 15 is 0 Å². The number of nitrogens with one attached hydrogen (secondary N) is 2. The third-order valence-electron chi connectivity index (χ3n) is 3.70. The lowest BCUT2D eigenvalue weighted by Crippen LogP contribution is -2.13. The van der Waals surface area contributed by atoms with Crippen LogP contribution in [-0.2, 0) is 0 Å². The monoisotopic (exact) mass is 332 g/mol. The maximum absolute atomic E-state index is 12.3. The zero-order valence-corrected chi connectivity index (χ0v) is 14.2. The number of hydrogen-bond donors (Lipinski definition) is 2. The summed E-state index contributed by atoms with van der Waals surface area (Å²) in [7, 11) is 4.01. The summed E-state index contributed by atoms with van der Waals surface area (Å²) in [5.74, 6) is -0.238. The largest absolute Gasteiger partial charge is 0.378 e. The van der Waals surface area contributed by atoms with Crippen molar-refractivity contribution in [1.82, 2.24) is 4.98 Å². The summed E-state index contributed by atoms with van der Waals surface area (Å²) in [6.07, 6.45) is 1.62. The van der Waals surface area contributed by atoms with Gasteiger partial charge in [0.05, 0.1) is 0 Å². The Hall–Kier alpha value is -3.34. The number of carbonyl (C=O) groups is 1.